The molecule has 1 aromatic heterocycles. The molecule has 9 heteroatoms. The van der Waals surface area contributed by atoms with Gasteiger partial charge < -0.3 is 24.7 Å². The van der Waals surface area contributed by atoms with Crippen LogP contribution < -0.4 is 19.7 Å². The van der Waals surface area contributed by atoms with Gasteiger partial charge in [-0.1, -0.05) is 0 Å². The van der Waals surface area contributed by atoms with Gasteiger partial charge in [0.15, 0.2) is 5.54 Å². The van der Waals surface area contributed by atoms with Crippen LogP contribution in [0.5, 0.6) is 11.5 Å². The highest BCUT2D eigenvalue weighted by molar-refractivity contribution is 6.23. The predicted molar refractivity (Wildman–Crippen MR) is 148 cm³/mol. The molecule has 4 amide bonds. The highest BCUT2D eigenvalue weighted by atomic mass is 16.5. The van der Waals surface area contributed by atoms with Crippen LogP contribution in [0.25, 0.3) is 10.9 Å². The summed E-state index contributed by atoms with van der Waals surface area (Å²) < 4.78 is 10.8. The van der Waals surface area contributed by atoms with Crippen LogP contribution in [0.15, 0.2) is 66.7 Å². The first-order valence-corrected chi connectivity index (χ1v) is 12.8. The van der Waals surface area contributed by atoms with Gasteiger partial charge in [-0.05, 0) is 92.6 Å². The number of nitrogens with zero attached hydrogens (tertiary/aromatic N) is 2. The summed E-state index contributed by atoms with van der Waals surface area (Å²) >= 11 is 0. The molecule has 198 valence electrons. The first kappa shape index (κ1) is 24.5. The molecule has 0 radical (unpaired) electrons. The van der Waals surface area contributed by atoms with Crippen molar-refractivity contribution in [1.29, 1.82) is 0 Å². The van der Waals surface area contributed by atoms with Crippen LogP contribution in [0.1, 0.15) is 35.5 Å². The molecular formula is C30H28N4O5. The minimum absolute atomic E-state index is 0.299. The number of carbonyl (C=O) groups excluding carboxylic acids is 3. The lowest BCUT2D eigenvalue weighted by molar-refractivity contribution is -0.125. The molecule has 0 bridgehead atoms. The Hall–Kier alpha value is -4.79. The standard InChI is InChI=1S/C30H28N4O5/c1-4-39-21-11-7-19(8-12-21)31-27(35)18-5-9-20(10-6-18)34-28(36)30(2)26-23(15-16-33(30)29(34)37)24-17-22(38-3)13-14-25(24)32-26/h5-14,17,32H,4,15-16H2,1-3H3,(H,31,35)/t30-/m0/s1. The van der Waals surface area contributed by atoms with Crippen molar-refractivity contribution in [1.82, 2.24) is 9.88 Å². The molecule has 3 heterocycles. The molecule has 2 aliphatic heterocycles. The van der Waals surface area contributed by atoms with E-state index in [1.165, 1.54) is 4.90 Å². The number of urea groups is 1. The van der Waals surface area contributed by atoms with E-state index in [1.807, 2.05) is 25.1 Å². The van der Waals surface area contributed by atoms with Crippen molar-refractivity contribution in [3.8, 4) is 11.5 Å². The lowest BCUT2D eigenvalue weighted by Crippen LogP contribution is -2.49. The van der Waals surface area contributed by atoms with E-state index in [4.69, 9.17) is 9.47 Å². The van der Waals surface area contributed by atoms with Gasteiger partial charge in [-0.25, -0.2) is 9.69 Å². The van der Waals surface area contributed by atoms with Gasteiger partial charge in [0.05, 0.1) is 25.1 Å². The highest BCUT2D eigenvalue weighted by Gasteiger charge is 2.59. The number of fused-ring (bicyclic) bond motifs is 5. The van der Waals surface area contributed by atoms with E-state index >= 15 is 0 Å². The normalized spacial score (nSPS) is 18.2. The number of anilines is 2. The fourth-order valence-electron chi connectivity index (χ4n) is 5.54. The fraction of sp³-hybridized carbons (Fsp3) is 0.233. The van der Waals surface area contributed by atoms with Crippen molar-refractivity contribution in [2.45, 2.75) is 25.8 Å². The zero-order chi connectivity index (χ0) is 27.3. The third kappa shape index (κ3) is 3.80. The van der Waals surface area contributed by atoms with Crippen molar-refractivity contribution >= 4 is 40.1 Å². The Morgan fingerprint density at radius 3 is 2.44 bits per heavy atom. The Labute approximate surface area is 225 Å². The zero-order valence-corrected chi connectivity index (χ0v) is 21.9. The topological polar surface area (TPSA) is 104 Å². The van der Waals surface area contributed by atoms with Gasteiger partial charge >= 0.3 is 6.03 Å². The fourth-order valence-corrected chi connectivity index (χ4v) is 5.54. The highest BCUT2D eigenvalue weighted by Crippen LogP contribution is 2.45. The number of nitrogens with one attached hydrogen (secondary N) is 2. The second-order valence-electron chi connectivity index (χ2n) is 9.75. The Balaban J connectivity index is 1.26. The third-order valence-electron chi connectivity index (χ3n) is 7.58. The molecule has 39 heavy (non-hydrogen) atoms. The van der Waals surface area contributed by atoms with E-state index in [9.17, 15) is 14.4 Å². The summed E-state index contributed by atoms with van der Waals surface area (Å²) in [5.41, 5.74) is 2.93. The number of hydrogen-bond donors (Lipinski definition) is 2. The molecule has 9 nitrogen and oxygen atoms in total. The average molecular weight is 525 g/mol. The number of ether oxygens (including phenoxy) is 2. The minimum atomic E-state index is -1.17. The van der Waals surface area contributed by atoms with Crippen LogP contribution >= 0.6 is 0 Å². The molecule has 2 N–H and O–H groups in total. The van der Waals surface area contributed by atoms with Gasteiger partial charge in [-0.15, -0.1) is 0 Å². The largest absolute Gasteiger partial charge is 0.497 e. The number of aromatic nitrogens is 1. The lowest BCUT2D eigenvalue weighted by atomic mass is 9.87. The molecule has 1 saturated heterocycles. The van der Waals surface area contributed by atoms with Crippen molar-refractivity contribution in [2.75, 3.05) is 30.5 Å². The summed E-state index contributed by atoms with van der Waals surface area (Å²) in [4.78, 5) is 46.4. The van der Waals surface area contributed by atoms with Crippen LogP contribution in [0.2, 0.25) is 0 Å². The van der Waals surface area contributed by atoms with E-state index in [0.717, 1.165) is 33.7 Å². The van der Waals surface area contributed by atoms with Gasteiger partial charge in [0.25, 0.3) is 11.8 Å². The number of aromatic amines is 1. The molecule has 0 saturated carbocycles. The van der Waals surface area contributed by atoms with E-state index < -0.39 is 5.54 Å². The van der Waals surface area contributed by atoms with Crippen LogP contribution in [0.3, 0.4) is 0 Å². The van der Waals surface area contributed by atoms with E-state index in [1.54, 1.807) is 67.5 Å². The van der Waals surface area contributed by atoms with Crippen LogP contribution in [-0.2, 0) is 16.8 Å². The van der Waals surface area contributed by atoms with Crippen LogP contribution in [0, 0.1) is 0 Å². The van der Waals surface area contributed by atoms with Crippen molar-refractivity contribution in [3.63, 3.8) is 0 Å². The lowest BCUT2D eigenvalue weighted by Gasteiger charge is -2.35. The molecule has 4 aromatic rings. The number of amides is 4. The van der Waals surface area contributed by atoms with Gasteiger partial charge in [0, 0.05) is 28.7 Å². The van der Waals surface area contributed by atoms with Gasteiger partial charge in [0.1, 0.15) is 11.5 Å². The number of methoxy groups -OCH3 is 1. The maximum Gasteiger partial charge on any atom is 0.332 e. The molecule has 6 rings (SSSR count). The zero-order valence-electron chi connectivity index (χ0n) is 21.9. The molecule has 0 aliphatic carbocycles. The predicted octanol–water partition coefficient (Wildman–Crippen LogP) is 5.07. The molecule has 0 unspecified atom stereocenters. The maximum absolute atomic E-state index is 13.9. The summed E-state index contributed by atoms with van der Waals surface area (Å²) in [7, 11) is 1.62. The number of hydrogen-bond acceptors (Lipinski definition) is 5. The Morgan fingerprint density at radius 1 is 1.03 bits per heavy atom. The quantitative estimate of drug-likeness (QED) is 0.343. The Bertz CT molecular complexity index is 1610. The first-order chi connectivity index (χ1) is 18.8. The number of H-pyrrole nitrogens is 1. The van der Waals surface area contributed by atoms with Crippen LogP contribution in [-0.4, -0.2) is 48.0 Å². The minimum Gasteiger partial charge on any atom is -0.497 e. The second kappa shape index (κ2) is 9.20. The van der Waals surface area contributed by atoms with Crippen molar-refractivity contribution < 1.29 is 23.9 Å². The van der Waals surface area contributed by atoms with Crippen molar-refractivity contribution in [3.05, 3.63) is 83.6 Å². The van der Waals surface area contributed by atoms with Gasteiger partial charge in [0.2, 0.25) is 0 Å². The van der Waals surface area contributed by atoms with E-state index in [-0.39, 0.29) is 17.8 Å². The Kier molecular flexibility index (Phi) is 5.79. The van der Waals surface area contributed by atoms with Gasteiger partial charge in [-0.3, -0.25) is 9.59 Å². The van der Waals surface area contributed by atoms with Crippen LogP contribution in [0.4, 0.5) is 16.2 Å². The summed E-state index contributed by atoms with van der Waals surface area (Å²) in [6, 6.07) is 19.0. The van der Waals surface area contributed by atoms with E-state index in [2.05, 4.69) is 10.3 Å². The molecule has 1 atom stereocenters. The monoisotopic (exact) mass is 524 g/mol. The molecule has 3 aromatic carbocycles. The summed E-state index contributed by atoms with van der Waals surface area (Å²) in [5.74, 6) is 0.828. The number of imide groups is 1. The maximum atomic E-state index is 13.9. The summed E-state index contributed by atoms with van der Waals surface area (Å²) in [5, 5.41) is 3.84. The summed E-state index contributed by atoms with van der Waals surface area (Å²) in [6.07, 6.45) is 0.621. The van der Waals surface area contributed by atoms with Crippen molar-refractivity contribution in [2.24, 2.45) is 0 Å². The third-order valence-corrected chi connectivity index (χ3v) is 7.58. The summed E-state index contributed by atoms with van der Waals surface area (Å²) in [6.45, 7) is 4.67. The first-order valence-electron chi connectivity index (χ1n) is 12.8. The smallest absolute Gasteiger partial charge is 0.332 e. The SMILES string of the molecule is CCOc1ccc(NC(=O)c2ccc(N3C(=O)N4CCc5c([nH]c6ccc(OC)cc56)[C@@]4(C)C3=O)cc2)cc1. The number of carbonyl (C=O) groups is 3. The van der Waals surface area contributed by atoms with Gasteiger partial charge in [-0.2, -0.15) is 0 Å². The average Bonchev–Trinajstić information content (AvgIpc) is 3.42. The molecular weight excluding hydrogens is 496 g/mol. The second-order valence-corrected chi connectivity index (χ2v) is 9.75. The van der Waals surface area contributed by atoms with E-state index in [0.29, 0.717) is 36.5 Å². The number of benzene rings is 3. The molecule has 2 aliphatic rings. The Morgan fingerprint density at radius 2 is 1.74 bits per heavy atom. The molecule has 1 fully saturated rings. The number of rotatable bonds is 6. The molecule has 0 spiro atoms.